The number of likely N-dealkylation sites (N-methyl/N-ethyl adjacent to an activating group) is 1. The summed E-state index contributed by atoms with van der Waals surface area (Å²) in [4.78, 5) is 1.90. The van der Waals surface area contributed by atoms with Gasteiger partial charge in [0, 0.05) is 11.6 Å². The molecular formula is C14H21F2NO. The number of rotatable bonds is 5. The fourth-order valence-electron chi connectivity index (χ4n) is 2.53. The van der Waals surface area contributed by atoms with Crippen LogP contribution in [0.4, 0.5) is 8.78 Å². The molecule has 0 saturated heterocycles. The third kappa shape index (κ3) is 2.54. The van der Waals surface area contributed by atoms with Gasteiger partial charge in [0.2, 0.25) is 0 Å². The lowest BCUT2D eigenvalue weighted by atomic mass is 9.81. The zero-order valence-corrected chi connectivity index (χ0v) is 11.4. The van der Waals surface area contributed by atoms with Gasteiger partial charge in [-0.2, -0.15) is 0 Å². The van der Waals surface area contributed by atoms with Gasteiger partial charge in [-0.3, -0.25) is 0 Å². The van der Waals surface area contributed by atoms with E-state index >= 15 is 0 Å². The quantitative estimate of drug-likeness (QED) is 0.876. The Kier molecular flexibility index (Phi) is 4.82. The van der Waals surface area contributed by atoms with E-state index in [2.05, 4.69) is 0 Å². The maximum absolute atomic E-state index is 13.7. The van der Waals surface area contributed by atoms with Crippen LogP contribution < -0.4 is 0 Å². The number of aliphatic hydroxyl groups is 1. The zero-order chi connectivity index (χ0) is 13.9. The molecule has 0 amide bonds. The summed E-state index contributed by atoms with van der Waals surface area (Å²) < 4.78 is 26.6. The largest absolute Gasteiger partial charge is 0.386 e. The lowest BCUT2D eigenvalue weighted by Crippen LogP contribution is -2.48. The van der Waals surface area contributed by atoms with E-state index in [0.29, 0.717) is 12.8 Å². The summed E-state index contributed by atoms with van der Waals surface area (Å²) in [6.45, 7) is 3.91. The lowest BCUT2D eigenvalue weighted by Gasteiger charge is -2.42. The van der Waals surface area contributed by atoms with Crippen LogP contribution in [-0.4, -0.2) is 29.6 Å². The molecule has 0 bridgehead atoms. The first kappa shape index (κ1) is 15.1. The highest BCUT2D eigenvalue weighted by Gasteiger charge is 2.38. The van der Waals surface area contributed by atoms with Crippen LogP contribution >= 0.6 is 0 Å². The van der Waals surface area contributed by atoms with Gasteiger partial charge >= 0.3 is 0 Å². The fraction of sp³-hybridized carbons (Fsp3) is 0.571. The highest BCUT2D eigenvalue weighted by Crippen LogP contribution is 2.36. The summed E-state index contributed by atoms with van der Waals surface area (Å²) in [7, 11) is 3.72. The highest BCUT2D eigenvalue weighted by atomic mass is 19.1. The molecule has 0 aromatic heterocycles. The van der Waals surface area contributed by atoms with Crippen molar-refractivity contribution >= 4 is 0 Å². The monoisotopic (exact) mass is 257 g/mol. The lowest BCUT2D eigenvalue weighted by molar-refractivity contribution is -0.0168. The number of hydrogen-bond acceptors (Lipinski definition) is 2. The highest BCUT2D eigenvalue weighted by molar-refractivity contribution is 5.24. The van der Waals surface area contributed by atoms with Crippen LogP contribution in [0.25, 0.3) is 0 Å². The van der Waals surface area contributed by atoms with E-state index < -0.39 is 23.3 Å². The van der Waals surface area contributed by atoms with Crippen molar-refractivity contribution in [2.24, 2.45) is 0 Å². The van der Waals surface area contributed by atoms with Crippen LogP contribution in [0.15, 0.2) is 18.2 Å². The second-order valence-electron chi connectivity index (χ2n) is 4.77. The van der Waals surface area contributed by atoms with Gasteiger partial charge in [-0.1, -0.05) is 19.9 Å². The SMILES string of the molecule is CCC(CC)(C(O)c1ccc(F)cc1F)N(C)C. The van der Waals surface area contributed by atoms with Gasteiger partial charge in [0.05, 0.1) is 5.54 Å². The van der Waals surface area contributed by atoms with Crippen molar-refractivity contribution in [2.45, 2.75) is 38.3 Å². The van der Waals surface area contributed by atoms with Crippen molar-refractivity contribution in [3.63, 3.8) is 0 Å². The third-order valence-electron chi connectivity index (χ3n) is 3.88. The molecule has 1 N–H and O–H groups in total. The van der Waals surface area contributed by atoms with Crippen LogP contribution in [0, 0.1) is 11.6 Å². The zero-order valence-electron chi connectivity index (χ0n) is 11.4. The van der Waals surface area contributed by atoms with E-state index in [4.69, 9.17) is 0 Å². The van der Waals surface area contributed by atoms with Gasteiger partial charge in [0.1, 0.15) is 17.7 Å². The van der Waals surface area contributed by atoms with Crippen molar-refractivity contribution in [3.8, 4) is 0 Å². The van der Waals surface area contributed by atoms with Gasteiger partial charge in [-0.25, -0.2) is 8.78 Å². The first-order chi connectivity index (χ1) is 8.39. The molecular weight excluding hydrogens is 236 g/mol. The number of halogens is 2. The maximum atomic E-state index is 13.7. The van der Waals surface area contributed by atoms with Crippen LogP contribution in [0.3, 0.4) is 0 Å². The molecule has 2 nitrogen and oxygen atoms in total. The van der Waals surface area contributed by atoms with E-state index in [-0.39, 0.29) is 5.56 Å². The van der Waals surface area contributed by atoms with E-state index in [1.54, 1.807) is 0 Å². The second-order valence-corrected chi connectivity index (χ2v) is 4.77. The molecule has 102 valence electrons. The minimum Gasteiger partial charge on any atom is -0.386 e. The van der Waals surface area contributed by atoms with Gasteiger partial charge in [-0.15, -0.1) is 0 Å². The average molecular weight is 257 g/mol. The summed E-state index contributed by atoms with van der Waals surface area (Å²) in [6, 6.07) is 3.30. The fourth-order valence-corrected chi connectivity index (χ4v) is 2.53. The van der Waals surface area contributed by atoms with Crippen LogP contribution in [0.5, 0.6) is 0 Å². The van der Waals surface area contributed by atoms with Gasteiger partial charge in [0.15, 0.2) is 0 Å². The molecule has 0 spiro atoms. The topological polar surface area (TPSA) is 23.5 Å². The molecule has 0 heterocycles. The summed E-state index contributed by atoms with van der Waals surface area (Å²) in [5, 5.41) is 10.5. The Labute approximate surface area is 107 Å². The van der Waals surface area contributed by atoms with Gasteiger partial charge in [-0.05, 0) is 33.0 Å². The Morgan fingerprint density at radius 3 is 2.17 bits per heavy atom. The molecule has 0 radical (unpaired) electrons. The minimum absolute atomic E-state index is 0.147. The van der Waals surface area contributed by atoms with Crippen molar-refractivity contribution < 1.29 is 13.9 Å². The molecule has 0 aliphatic rings. The summed E-state index contributed by atoms with van der Waals surface area (Å²) in [5.41, 5.74) is -0.396. The summed E-state index contributed by atoms with van der Waals surface area (Å²) in [5.74, 6) is -1.33. The molecule has 0 aliphatic carbocycles. The minimum atomic E-state index is -0.983. The predicted octanol–water partition coefficient (Wildman–Crippen LogP) is 3.12. The van der Waals surface area contributed by atoms with E-state index in [1.165, 1.54) is 12.1 Å². The Hall–Kier alpha value is -1.00. The van der Waals surface area contributed by atoms with Crippen LogP contribution in [0.1, 0.15) is 38.4 Å². The predicted molar refractivity (Wildman–Crippen MR) is 68.3 cm³/mol. The number of aliphatic hydroxyl groups excluding tert-OH is 1. The molecule has 1 atom stereocenters. The van der Waals surface area contributed by atoms with E-state index in [0.717, 1.165) is 6.07 Å². The molecule has 0 saturated carbocycles. The molecule has 1 rings (SSSR count). The molecule has 1 unspecified atom stereocenters. The van der Waals surface area contributed by atoms with Gasteiger partial charge in [0.25, 0.3) is 0 Å². The Bertz CT molecular complexity index is 403. The molecule has 0 aliphatic heterocycles. The van der Waals surface area contributed by atoms with E-state index in [1.807, 2.05) is 32.8 Å². The second kappa shape index (κ2) is 5.76. The van der Waals surface area contributed by atoms with Crippen molar-refractivity contribution in [3.05, 3.63) is 35.4 Å². The van der Waals surface area contributed by atoms with Crippen LogP contribution in [-0.2, 0) is 0 Å². The number of hydrogen-bond donors (Lipinski definition) is 1. The Morgan fingerprint density at radius 2 is 1.78 bits per heavy atom. The average Bonchev–Trinajstić information content (AvgIpc) is 2.30. The molecule has 0 fully saturated rings. The molecule has 4 heteroatoms. The molecule has 1 aromatic rings. The Balaban J connectivity index is 3.21. The summed E-state index contributed by atoms with van der Waals surface area (Å²) in [6.07, 6.45) is 0.367. The maximum Gasteiger partial charge on any atom is 0.131 e. The van der Waals surface area contributed by atoms with Crippen molar-refractivity contribution in [2.75, 3.05) is 14.1 Å². The standard InChI is InChI=1S/C14H21F2NO/c1-5-14(6-2,17(3)4)13(18)11-8-7-10(15)9-12(11)16/h7-9,13,18H,5-6H2,1-4H3. The number of benzene rings is 1. The summed E-state index contributed by atoms with van der Waals surface area (Å²) >= 11 is 0. The van der Waals surface area contributed by atoms with E-state index in [9.17, 15) is 13.9 Å². The molecule has 18 heavy (non-hydrogen) atoms. The normalized spacial score (nSPS) is 14.0. The third-order valence-corrected chi connectivity index (χ3v) is 3.88. The van der Waals surface area contributed by atoms with Crippen molar-refractivity contribution in [1.29, 1.82) is 0 Å². The number of nitrogens with zero attached hydrogens (tertiary/aromatic N) is 1. The Morgan fingerprint density at radius 1 is 1.22 bits per heavy atom. The first-order valence-corrected chi connectivity index (χ1v) is 6.19. The van der Waals surface area contributed by atoms with Crippen LogP contribution in [0.2, 0.25) is 0 Å². The smallest absolute Gasteiger partial charge is 0.131 e. The first-order valence-electron chi connectivity index (χ1n) is 6.19. The van der Waals surface area contributed by atoms with Crippen molar-refractivity contribution in [1.82, 2.24) is 4.90 Å². The molecule has 1 aromatic carbocycles. The van der Waals surface area contributed by atoms with Gasteiger partial charge < -0.3 is 10.0 Å².